The highest BCUT2D eigenvalue weighted by Gasteiger charge is 2.22. The predicted octanol–water partition coefficient (Wildman–Crippen LogP) is 4.29. The van der Waals surface area contributed by atoms with E-state index in [4.69, 9.17) is 0 Å². The van der Waals surface area contributed by atoms with Crippen LogP contribution in [0.3, 0.4) is 0 Å². The van der Waals surface area contributed by atoms with E-state index in [-0.39, 0.29) is 16.8 Å². The molecule has 0 saturated carbocycles. The molecule has 0 bridgehead atoms. The minimum atomic E-state index is -3.52. The molecule has 0 unspecified atom stereocenters. The van der Waals surface area contributed by atoms with Gasteiger partial charge in [0, 0.05) is 25.2 Å². The molecule has 6 nitrogen and oxygen atoms in total. The van der Waals surface area contributed by atoms with Gasteiger partial charge < -0.3 is 5.32 Å². The van der Waals surface area contributed by atoms with Crippen molar-refractivity contribution in [1.82, 2.24) is 9.29 Å². The van der Waals surface area contributed by atoms with Crippen LogP contribution in [0.2, 0.25) is 0 Å². The highest BCUT2D eigenvalue weighted by atomic mass is 32.2. The van der Waals surface area contributed by atoms with E-state index in [2.05, 4.69) is 10.3 Å². The number of nitrogens with one attached hydrogen (secondary N) is 1. The van der Waals surface area contributed by atoms with Crippen LogP contribution in [0.1, 0.15) is 31.7 Å². The second-order valence-corrected chi connectivity index (χ2v) is 10.2. The first-order valence-electron chi connectivity index (χ1n) is 9.50. The highest BCUT2D eigenvalue weighted by molar-refractivity contribution is 7.89. The van der Waals surface area contributed by atoms with Crippen molar-refractivity contribution in [2.24, 2.45) is 0 Å². The monoisotopic (exact) mass is 431 g/mol. The number of aromatic nitrogens is 1. The standard InChI is InChI=1S/C21H25N3O3S2/c1-15(2)24(3)29(26,27)17-13-11-16(12-14-17)22-20(25)9-6-10-21-23-18-7-4-5-8-19(18)28-21/h4-5,7-8,11-15H,6,9-10H2,1-3H3,(H,22,25). The van der Waals surface area contributed by atoms with Gasteiger partial charge in [-0.2, -0.15) is 4.31 Å². The number of para-hydroxylation sites is 1. The topological polar surface area (TPSA) is 79.4 Å². The summed E-state index contributed by atoms with van der Waals surface area (Å²) in [7, 11) is -1.97. The Bertz CT molecular complexity index is 1060. The van der Waals surface area contributed by atoms with E-state index in [0.29, 0.717) is 18.5 Å². The summed E-state index contributed by atoms with van der Waals surface area (Å²) < 4.78 is 27.4. The molecule has 2 aromatic carbocycles. The van der Waals surface area contributed by atoms with Crippen LogP contribution in [0.15, 0.2) is 53.4 Å². The van der Waals surface area contributed by atoms with Crippen LogP contribution in [-0.2, 0) is 21.2 Å². The lowest BCUT2D eigenvalue weighted by Crippen LogP contribution is -2.33. The van der Waals surface area contributed by atoms with Crippen LogP contribution >= 0.6 is 11.3 Å². The first kappa shape index (κ1) is 21.4. The number of aryl methyl sites for hydroxylation is 1. The Balaban J connectivity index is 1.52. The fraction of sp³-hybridized carbons (Fsp3) is 0.333. The van der Waals surface area contributed by atoms with Gasteiger partial charge in [-0.3, -0.25) is 4.79 Å². The number of thiazole rings is 1. The number of hydrogen-bond acceptors (Lipinski definition) is 5. The lowest BCUT2D eigenvalue weighted by molar-refractivity contribution is -0.116. The lowest BCUT2D eigenvalue weighted by Gasteiger charge is -2.21. The zero-order valence-corrected chi connectivity index (χ0v) is 18.4. The zero-order chi connectivity index (χ0) is 21.0. The molecule has 0 atom stereocenters. The summed E-state index contributed by atoms with van der Waals surface area (Å²) in [5.74, 6) is -0.0963. The second-order valence-electron chi connectivity index (χ2n) is 7.12. The number of benzene rings is 2. The summed E-state index contributed by atoms with van der Waals surface area (Å²) in [5, 5.41) is 3.85. The number of carbonyl (C=O) groups is 1. The van der Waals surface area contributed by atoms with Gasteiger partial charge in [0.15, 0.2) is 0 Å². The molecule has 0 aliphatic rings. The summed E-state index contributed by atoms with van der Waals surface area (Å²) >= 11 is 1.66. The van der Waals surface area contributed by atoms with E-state index >= 15 is 0 Å². The quantitative estimate of drug-likeness (QED) is 0.577. The number of anilines is 1. The molecule has 1 heterocycles. The van der Waals surface area contributed by atoms with Crippen molar-refractivity contribution in [3.63, 3.8) is 0 Å². The van der Waals surface area contributed by atoms with Crippen LogP contribution < -0.4 is 5.32 Å². The van der Waals surface area contributed by atoms with E-state index in [1.54, 1.807) is 30.5 Å². The van der Waals surface area contributed by atoms with E-state index in [0.717, 1.165) is 21.6 Å². The summed E-state index contributed by atoms with van der Waals surface area (Å²) in [6, 6.07) is 14.1. The van der Waals surface area contributed by atoms with Gasteiger partial charge in [0.1, 0.15) is 0 Å². The third-order valence-corrected chi connectivity index (χ3v) is 7.82. The molecular formula is C21H25N3O3S2. The van der Waals surface area contributed by atoms with Gasteiger partial charge in [-0.1, -0.05) is 12.1 Å². The van der Waals surface area contributed by atoms with Gasteiger partial charge in [0.05, 0.1) is 20.1 Å². The maximum atomic E-state index is 12.5. The van der Waals surface area contributed by atoms with Crippen LogP contribution in [0, 0.1) is 0 Å². The first-order valence-corrected chi connectivity index (χ1v) is 11.8. The largest absolute Gasteiger partial charge is 0.326 e. The van der Waals surface area contributed by atoms with Gasteiger partial charge in [-0.05, 0) is 63.1 Å². The SMILES string of the molecule is CC(C)N(C)S(=O)(=O)c1ccc(NC(=O)CCCc2nc3ccccc3s2)cc1. The fourth-order valence-corrected chi connectivity index (χ4v) is 5.18. The van der Waals surface area contributed by atoms with E-state index in [9.17, 15) is 13.2 Å². The average Bonchev–Trinajstić information content (AvgIpc) is 3.10. The van der Waals surface area contributed by atoms with Crippen molar-refractivity contribution >= 4 is 43.2 Å². The summed E-state index contributed by atoms with van der Waals surface area (Å²) in [6.07, 6.45) is 1.84. The number of amides is 1. The molecule has 1 aromatic heterocycles. The van der Waals surface area contributed by atoms with Crippen molar-refractivity contribution < 1.29 is 13.2 Å². The normalized spacial score (nSPS) is 12.0. The summed E-state index contributed by atoms with van der Waals surface area (Å²) in [5.41, 5.74) is 1.58. The van der Waals surface area contributed by atoms with Gasteiger partial charge in [-0.15, -0.1) is 11.3 Å². The van der Waals surface area contributed by atoms with Crippen molar-refractivity contribution in [1.29, 1.82) is 0 Å². The number of carbonyl (C=O) groups excluding carboxylic acids is 1. The average molecular weight is 432 g/mol. The number of sulfonamides is 1. The van der Waals surface area contributed by atoms with Crippen LogP contribution in [0.25, 0.3) is 10.2 Å². The number of fused-ring (bicyclic) bond motifs is 1. The Hall–Kier alpha value is -2.29. The van der Waals surface area contributed by atoms with Crippen LogP contribution in [-0.4, -0.2) is 36.7 Å². The Morgan fingerprint density at radius 3 is 2.48 bits per heavy atom. The molecule has 0 radical (unpaired) electrons. The van der Waals surface area contributed by atoms with Gasteiger partial charge in [0.2, 0.25) is 15.9 Å². The maximum Gasteiger partial charge on any atom is 0.243 e. The van der Waals surface area contributed by atoms with Gasteiger partial charge in [-0.25, -0.2) is 13.4 Å². The molecule has 8 heteroatoms. The molecule has 0 saturated heterocycles. The van der Waals surface area contributed by atoms with Crippen molar-refractivity contribution in [2.75, 3.05) is 12.4 Å². The highest BCUT2D eigenvalue weighted by Crippen LogP contribution is 2.23. The van der Waals surface area contributed by atoms with Crippen molar-refractivity contribution in [2.45, 2.75) is 44.0 Å². The number of rotatable bonds is 8. The molecule has 0 fully saturated rings. The molecule has 1 amide bonds. The predicted molar refractivity (Wildman–Crippen MR) is 118 cm³/mol. The van der Waals surface area contributed by atoms with E-state index in [1.807, 2.05) is 38.1 Å². The molecule has 1 N–H and O–H groups in total. The third kappa shape index (κ3) is 5.20. The zero-order valence-electron chi connectivity index (χ0n) is 16.8. The minimum Gasteiger partial charge on any atom is -0.326 e. The molecule has 154 valence electrons. The fourth-order valence-electron chi connectivity index (χ4n) is 2.80. The minimum absolute atomic E-state index is 0.0963. The van der Waals surface area contributed by atoms with Crippen molar-refractivity contribution in [3.8, 4) is 0 Å². The number of hydrogen-bond donors (Lipinski definition) is 1. The second kappa shape index (κ2) is 9.02. The first-order chi connectivity index (χ1) is 13.8. The third-order valence-electron chi connectivity index (χ3n) is 4.67. The van der Waals surface area contributed by atoms with E-state index < -0.39 is 10.0 Å². The molecule has 3 aromatic rings. The Morgan fingerprint density at radius 1 is 1.14 bits per heavy atom. The maximum absolute atomic E-state index is 12.5. The lowest BCUT2D eigenvalue weighted by atomic mass is 10.2. The summed E-state index contributed by atoms with van der Waals surface area (Å²) in [6.45, 7) is 3.64. The number of nitrogens with zero attached hydrogens (tertiary/aromatic N) is 2. The Kier molecular flexibility index (Phi) is 6.66. The smallest absolute Gasteiger partial charge is 0.243 e. The molecule has 3 rings (SSSR count). The van der Waals surface area contributed by atoms with Crippen LogP contribution in [0.4, 0.5) is 5.69 Å². The molecule has 0 aliphatic carbocycles. The van der Waals surface area contributed by atoms with Gasteiger partial charge in [0.25, 0.3) is 0 Å². The molecule has 0 aliphatic heterocycles. The van der Waals surface area contributed by atoms with Gasteiger partial charge >= 0.3 is 0 Å². The Labute approximate surface area is 175 Å². The summed E-state index contributed by atoms with van der Waals surface area (Å²) in [4.78, 5) is 17.0. The molecule has 0 spiro atoms. The van der Waals surface area contributed by atoms with Crippen LogP contribution in [0.5, 0.6) is 0 Å². The molecular weight excluding hydrogens is 406 g/mol. The molecule has 29 heavy (non-hydrogen) atoms. The van der Waals surface area contributed by atoms with E-state index in [1.165, 1.54) is 16.4 Å². The Morgan fingerprint density at radius 2 is 1.83 bits per heavy atom. The van der Waals surface area contributed by atoms with Crippen molar-refractivity contribution in [3.05, 3.63) is 53.5 Å².